The quantitative estimate of drug-likeness (QED) is 0.407. The van der Waals surface area contributed by atoms with Crippen molar-refractivity contribution in [2.24, 2.45) is 0 Å². The Balaban J connectivity index is 1.34. The van der Waals surface area contributed by atoms with Crippen LogP contribution in [0.15, 0.2) is 43.4 Å². The van der Waals surface area contributed by atoms with E-state index in [4.69, 9.17) is 0 Å². The second kappa shape index (κ2) is 9.96. The molecule has 0 radical (unpaired) electrons. The van der Waals surface area contributed by atoms with E-state index < -0.39 is 11.6 Å². The molecule has 1 aromatic carbocycles. The highest BCUT2D eigenvalue weighted by atomic mass is 19.1. The number of halogens is 2. The fourth-order valence-corrected chi connectivity index (χ4v) is 4.54. The van der Waals surface area contributed by atoms with E-state index in [9.17, 15) is 8.78 Å². The Kier molecular flexibility index (Phi) is 6.58. The van der Waals surface area contributed by atoms with Crippen LogP contribution in [-0.2, 0) is 6.42 Å². The molecule has 0 atom stereocenters. The first-order valence-corrected chi connectivity index (χ1v) is 12.2. The van der Waals surface area contributed by atoms with Crippen molar-refractivity contribution in [1.29, 1.82) is 0 Å². The Hall–Kier alpha value is -3.95. The highest BCUT2D eigenvalue weighted by Crippen LogP contribution is 2.30. The van der Waals surface area contributed by atoms with E-state index in [2.05, 4.69) is 49.0 Å². The smallest absolute Gasteiger partial charge is 0.225 e. The Morgan fingerprint density at radius 3 is 2.47 bits per heavy atom. The SMILES string of the molecule is C=C(NCC)c1cc(F)c(-c2cc3nnn(C4CCN(c5ncc(CC)cn5)CC4)c3cn2)cc1F. The third-order valence-electron chi connectivity index (χ3n) is 6.60. The number of aromatic nitrogens is 6. The molecule has 8 nitrogen and oxygen atoms in total. The summed E-state index contributed by atoms with van der Waals surface area (Å²) in [6.07, 6.45) is 8.02. The van der Waals surface area contributed by atoms with Crippen molar-refractivity contribution in [3.63, 3.8) is 0 Å². The highest BCUT2D eigenvalue weighted by Gasteiger charge is 2.25. The number of hydrogen-bond donors (Lipinski definition) is 1. The van der Waals surface area contributed by atoms with Gasteiger partial charge in [-0.15, -0.1) is 5.10 Å². The summed E-state index contributed by atoms with van der Waals surface area (Å²) in [5, 5.41) is 11.6. The predicted molar refractivity (Wildman–Crippen MR) is 135 cm³/mol. The summed E-state index contributed by atoms with van der Waals surface area (Å²) in [7, 11) is 0. The Morgan fingerprint density at radius 1 is 1.03 bits per heavy atom. The first kappa shape index (κ1) is 23.8. The molecule has 0 bridgehead atoms. The van der Waals surface area contributed by atoms with Crippen molar-refractivity contribution < 1.29 is 8.78 Å². The van der Waals surface area contributed by atoms with E-state index in [0.717, 1.165) is 61.5 Å². The van der Waals surface area contributed by atoms with E-state index in [1.807, 2.05) is 24.0 Å². The third-order valence-corrected chi connectivity index (χ3v) is 6.60. The zero-order valence-corrected chi connectivity index (χ0v) is 20.4. The summed E-state index contributed by atoms with van der Waals surface area (Å²) in [6.45, 7) is 9.89. The van der Waals surface area contributed by atoms with Crippen LogP contribution < -0.4 is 10.2 Å². The summed E-state index contributed by atoms with van der Waals surface area (Å²) < 4.78 is 31.5. The Bertz CT molecular complexity index is 1390. The van der Waals surface area contributed by atoms with Gasteiger partial charge in [0, 0.05) is 48.9 Å². The molecule has 1 aliphatic heterocycles. The topological polar surface area (TPSA) is 84.7 Å². The van der Waals surface area contributed by atoms with E-state index in [1.54, 1.807) is 12.3 Å². The second-order valence-corrected chi connectivity index (χ2v) is 8.88. The summed E-state index contributed by atoms with van der Waals surface area (Å²) in [5.74, 6) is -0.399. The summed E-state index contributed by atoms with van der Waals surface area (Å²) in [5.41, 5.74) is 3.27. The number of piperidine rings is 1. The average Bonchev–Trinajstić information content (AvgIpc) is 3.33. The molecule has 0 aliphatic carbocycles. The molecule has 1 fully saturated rings. The molecular formula is C26H28F2N8. The summed E-state index contributed by atoms with van der Waals surface area (Å²) in [4.78, 5) is 15.6. The maximum Gasteiger partial charge on any atom is 0.225 e. The minimum Gasteiger partial charge on any atom is -0.385 e. The van der Waals surface area contributed by atoms with Gasteiger partial charge in [-0.2, -0.15) is 0 Å². The van der Waals surface area contributed by atoms with Crippen molar-refractivity contribution >= 4 is 22.7 Å². The van der Waals surface area contributed by atoms with Crippen molar-refractivity contribution in [2.75, 3.05) is 24.5 Å². The molecule has 1 aliphatic rings. The van der Waals surface area contributed by atoms with Crippen LogP contribution >= 0.6 is 0 Å². The van der Waals surface area contributed by atoms with E-state index in [1.165, 1.54) is 0 Å². The van der Waals surface area contributed by atoms with Gasteiger partial charge < -0.3 is 10.2 Å². The van der Waals surface area contributed by atoms with Crippen LogP contribution in [0.4, 0.5) is 14.7 Å². The molecule has 0 unspecified atom stereocenters. The lowest BCUT2D eigenvalue weighted by atomic mass is 10.0. The van der Waals surface area contributed by atoms with Crippen molar-refractivity contribution in [3.8, 4) is 11.3 Å². The molecule has 1 saturated heterocycles. The zero-order chi connectivity index (χ0) is 25.2. The molecule has 36 heavy (non-hydrogen) atoms. The van der Waals surface area contributed by atoms with Crippen molar-refractivity contribution in [1.82, 2.24) is 35.3 Å². The molecule has 10 heteroatoms. The van der Waals surface area contributed by atoms with E-state index >= 15 is 0 Å². The average molecular weight is 491 g/mol. The first-order valence-electron chi connectivity index (χ1n) is 12.2. The monoisotopic (exact) mass is 490 g/mol. The molecule has 186 valence electrons. The van der Waals surface area contributed by atoms with Crippen LogP contribution in [0.2, 0.25) is 0 Å². The van der Waals surface area contributed by atoms with Gasteiger partial charge >= 0.3 is 0 Å². The molecule has 0 amide bonds. The van der Waals surface area contributed by atoms with Gasteiger partial charge in [-0.3, -0.25) is 4.98 Å². The van der Waals surface area contributed by atoms with Crippen LogP contribution in [0, 0.1) is 11.6 Å². The lowest BCUT2D eigenvalue weighted by Gasteiger charge is -2.32. The number of nitrogens with one attached hydrogen (secondary N) is 1. The van der Waals surface area contributed by atoms with Gasteiger partial charge in [0.05, 0.1) is 17.9 Å². The van der Waals surface area contributed by atoms with Crippen molar-refractivity contribution in [3.05, 3.63) is 66.1 Å². The number of anilines is 1. The molecule has 4 heterocycles. The zero-order valence-electron chi connectivity index (χ0n) is 20.4. The second-order valence-electron chi connectivity index (χ2n) is 8.88. The minimum atomic E-state index is -0.578. The number of aryl methyl sites for hydroxylation is 1. The van der Waals surface area contributed by atoms with Crippen LogP contribution in [0.5, 0.6) is 0 Å². The van der Waals surface area contributed by atoms with Crippen molar-refractivity contribution in [2.45, 2.75) is 39.2 Å². The van der Waals surface area contributed by atoms with Crippen LogP contribution in [0.25, 0.3) is 28.0 Å². The molecule has 4 aromatic rings. The molecule has 0 spiro atoms. The van der Waals surface area contributed by atoms with E-state index in [-0.39, 0.29) is 17.2 Å². The van der Waals surface area contributed by atoms with Gasteiger partial charge in [0.2, 0.25) is 5.95 Å². The number of benzene rings is 1. The largest absolute Gasteiger partial charge is 0.385 e. The van der Waals surface area contributed by atoms with Crippen LogP contribution in [0.1, 0.15) is 43.9 Å². The number of hydrogen-bond acceptors (Lipinski definition) is 7. The van der Waals surface area contributed by atoms with Gasteiger partial charge in [0.15, 0.2) is 0 Å². The van der Waals surface area contributed by atoms with Crippen LogP contribution in [0.3, 0.4) is 0 Å². The highest BCUT2D eigenvalue weighted by molar-refractivity contribution is 5.79. The minimum absolute atomic E-state index is 0.0689. The molecular weight excluding hydrogens is 462 g/mol. The standard InChI is InChI=1S/C26H28F2N8/c1-4-17-13-31-26(32-14-17)35-8-6-18(7-9-35)36-25-15-30-23(12-24(25)33-34-36)20-11-21(27)19(10-22(20)28)16(3)29-5-2/h10-15,18,29H,3-9H2,1-2H3. The van der Waals surface area contributed by atoms with Gasteiger partial charge in [-0.1, -0.05) is 18.7 Å². The maximum atomic E-state index is 14.9. The predicted octanol–water partition coefficient (Wildman–Crippen LogP) is 4.55. The van der Waals surface area contributed by atoms with Gasteiger partial charge in [0.25, 0.3) is 0 Å². The number of rotatable bonds is 7. The van der Waals surface area contributed by atoms with Gasteiger partial charge in [-0.25, -0.2) is 23.4 Å². The normalized spacial score (nSPS) is 14.4. The fourth-order valence-electron chi connectivity index (χ4n) is 4.54. The Labute approximate surface area is 208 Å². The number of pyridine rings is 1. The molecule has 3 aromatic heterocycles. The van der Waals surface area contributed by atoms with Gasteiger partial charge in [-0.05, 0) is 49.9 Å². The lowest BCUT2D eigenvalue weighted by molar-refractivity contribution is 0.366. The molecule has 0 saturated carbocycles. The maximum absolute atomic E-state index is 14.9. The summed E-state index contributed by atoms with van der Waals surface area (Å²) >= 11 is 0. The first-order chi connectivity index (χ1) is 17.5. The summed E-state index contributed by atoms with van der Waals surface area (Å²) in [6, 6.07) is 4.09. The fraction of sp³-hybridized carbons (Fsp3) is 0.346. The third kappa shape index (κ3) is 4.50. The lowest BCUT2D eigenvalue weighted by Crippen LogP contribution is -2.36. The van der Waals surface area contributed by atoms with Gasteiger partial charge in [0.1, 0.15) is 22.7 Å². The number of fused-ring (bicyclic) bond motifs is 1. The van der Waals surface area contributed by atoms with Crippen LogP contribution in [-0.4, -0.2) is 49.6 Å². The Morgan fingerprint density at radius 2 is 1.78 bits per heavy atom. The molecule has 1 N–H and O–H groups in total. The molecule has 5 rings (SSSR count). The number of nitrogens with zero attached hydrogens (tertiary/aromatic N) is 7. The van der Waals surface area contributed by atoms with E-state index in [0.29, 0.717) is 23.5 Å².